The fraction of sp³-hybridized carbons (Fsp3) is 0.343. The summed E-state index contributed by atoms with van der Waals surface area (Å²) < 4.78 is 13.9. The lowest BCUT2D eigenvalue weighted by atomic mass is 10.1. The smallest absolute Gasteiger partial charge is 0.414 e. The Balaban J connectivity index is 1.06. The molecule has 1 fully saturated rings. The maximum absolute atomic E-state index is 13.3. The number of hydrogen-bond acceptors (Lipinski definition) is 9. The number of aromatic nitrogens is 1. The van der Waals surface area contributed by atoms with E-state index in [1.165, 1.54) is 40.4 Å². The van der Waals surface area contributed by atoms with Gasteiger partial charge in [0.1, 0.15) is 5.82 Å². The van der Waals surface area contributed by atoms with Crippen LogP contribution >= 0.6 is 11.3 Å². The number of nitrogens with one attached hydrogen (secondary N) is 2. The van der Waals surface area contributed by atoms with Gasteiger partial charge in [0.25, 0.3) is 17.7 Å². The third-order valence-corrected chi connectivity index (χ3v) is 9.98. The van der Waals surface area contributed by atoms with Crippen LogP contribution in [-0.2, 0) is 11.8 Å². The molecular formula is C35H38N6O9S. The fourth-order valence-corrected chi connectivity index (χ4v) is 7.38. The molecule has 6 rings (SSSR count). The molecule has 0 saturated carbocycles. The highest BCUT2D eigenvalue weighted by atomic mass is 32.1. The van der Waals surface area contributed by atoms with Crippen molar-refractivity contribution in [3.8, 4) is 11.5 Å². The average molecular weight is 719 g/mol. The molecule has 2 aromatic carbocycles. The molecule has 4 aromatic rings. The van der Waals surface area contributed by atoms with Gasteiger partial charge in [0.15, 0.2) is 17.7 Å². The van der Waals surface area contributed by atoms with Crippen molar-refractivity contribution in [1.82, 2.24) is 14.4 Å². The number of benzene rings is 2. The predicted molar refractivity (Wildman–Crippen MR) is 190 cm³/mol. The number of carbonyl (C=O) groups excluding carboxylic acids is 4. The number of rotatable bonds is 10. The first-order valence-corrected chi connectivity index (χ1v) is 17.1. The molecule has 0 bridgehead atoms. The Kier molecular flexibility index (Phi) is 9.89. The number of aliphatic hydroxyl groups is 1. The monoisotopic (exact) mass is 718 g/mol. The van der Waals surface area contributed by atoms with Crippen LogP contribution < -0.4 is 25.0 Å². The van der Waals surface area contributed by atoms with Crippen molar-refractivity contribution in [3.05, 3.63) is 64.7 Å². The van der Waals surface area contributed by atoms with Gasteiger partial charge in [-0.2, -0.15) is 0 Å². The van der Waals surface area contributed by atoms with Crippen LogP contribution in [0.2, 0.25) is 0 Å². The number of hydrogen-bond donors (Lipinski definition) is 4. The van der Waals surface area contributed by atoms with E-state index in [0.717, 1.165) is 15.0 Å². The van der Waals surface area contributed by atoms with Crippen LogP contribution in [0.1, 0.15) is 56.1 Å². The average Bonchev–Trinajstić information content (AvgIpc) is 3.83. The number of ether oxygens (including phenoxy) is 2. The van der Waals surface area contributed by atoms with E-state index in [2.05, 4.69) is 10.6 Å². The summed E-state index contributed by atoms with van der Waals surface area (Å²) >= 11 is 1.38. The Morgan fingerprint density at radius 3 is 2.57 bits per heavy atom. The molecule has 2 aliphatic rings. The number of carbonyl (C=O) groups is 5. The molecule has 1 saturated heterocycles. The molecule has 2 unspecified atom stereocenters. The number of amides is 5. The Labute approximate surface area is 296 Å². The minimum Gasteiger partial charge on any atom is -0.493 e. The number of carboxylic acid groups (broad SMARTS) is 1. The van der Waals surface area contributed by atoms with E-state index in [-0.39, 0.29) is 59.9 Å². The number of thiophene rings is 1. The van der Waals surface area contributed by atoms with Crippen LogP contribution in [0.3, 0.4) is 0 Å². The summed E-state index contributed by atoms with van der Waals surface area (Å²) in [5.74, 6) is -0.404. The number of methoxy groups -OCH3 is 1. The van der Waals surface area contributed by atoms with Gasteiger partial charge in [0, 0.05) is 56.8 Å². The molecule has 16 heteroatoms. The van der Waals surface area contributed by atoms with Gasteiger partial charge in [-0.25, -0.2) is 9.69 Å². The van der Waals surface area contributed by atoms with Gasteiger partial charge in [-0.15, -0.1) is 11.3 Å². The van der Waals surface area contributed by atoms with Crippen LogP contribution in [0.4, 0.5) is 22.0 Å². The number of fused-ring (bicyclic) bond motifs is 3. The van der Waals surface area contributed by atoms with E-state index >= 15 is 0 Å². The minimum absolute atomic E-state index is 0.0101. The molecule has 15 nitrogen and oxygen atoms in total. The van der Waals surface area contributed by atoms with Crippen LogP contribution in [0.5, 0.6) is 11.5 Å². The molecular weight excluding hydrogens is 680 g/mol. The maximum atomic E-state index is 13.3. The van der Waals surface area contributed by atoms with Crippen LogP contribution in [0, 0.1) is 0 Å². The quantitative estimate of drug-likeness (QED) is 0.173. The van der Waals surface area contributed by atoms with Crippen molar-refractivity contribution in [1.29, 1.82) is 0 Å². The van der Waals surface area contributed by atoms with E-state index in [0.29, 0.717) is 41.3 Å². The van der Waals surface area contributed by atoms with Crippen LogP contribution in [0.25, 0.3) is 10.1 Å². The molecule has 2 aliphatic heterocycles. The minimum atomic E-state index is -1.45. The summed E-state index contributed by atoms with van der Waals surface area (Å²) in [5, 5.41) is 27.4. The van der Waals surface area contributed by atoms with Crippen molar-refractivity contribution in [2.45, 2.75) is 38.0 Å². The predicted octanol–water partition coefficient (Wildman–Crippen LogP) is 4.42. The van der Waals surface area contributed by atoms with E-state index < -0.39 is 24.3 Å². The van der Waals surface area contributed by atoms with Gasteiger partial charge >= 0.3 is 6.09 Å². The summed E-state index contributed by atoms with van der Waals surface area (Å²) in [7, 11) is 6.48. The van der Waals surface area contributed by atoms with Crippen molar-refractivity contribution in [3.63, 3.8) is 0 Å². The SMILES string of the molecule is COc1cc2c(cc1OCCCC(=O)Nc1cc(C(=O)Nc3ccc4sc(C(=O)N(C)C)cc4c3)cn1C)N(C(=O)O)C(O)C1CCCN1C2=O. The second-order valence-electron chi connectivity index (χ2n) is 12.5. The first-order chi connectivity index (χ1) is 24.4. The van der Waals surface area contributed by atoms with E-state index in [4.69, 9.17) is 9.47 Å². The molecule has 2 atom stereocenters. The zero-order valence-corrected chi connectivity index (χ0v) is 29.3. The topological polar surface area (TPSA) is 183 Å². The number of aryl methyl sites for hydroxylation is 1. The lowest BCUT2D eigenvalue weighted by Crippen LogP contribution is -2.50. The van der Waals surface area contributed by atoms with Crippen molar-refractivity contribution < 1.29 is 43.7 Å². The highest BCUT2D eigenvalue weighted by molar-refractivity contribution is 7.20. The van der Waals surface area contributed by atoms with E-state index in [1.807, 2.05) is 6.07 Å². The van der Waals surface area contributed by atoms with Crippen molar-refractivity contribution >= 4 is 68.3 Å². The Morgan fingerprint density at radius 1 is 1.06 bits per heavy atom. The van der Waals surface area contributed by atoms with Gasteiger partial charge < -0.3 is 44.7 Å². The van der Waals surface area contributed by atoms with E-state index in [9.17, 15) is 34.2 Å². The summed E-state index contributed by atoms with van der Waals surface area (Å²) in [6.45, 7) is 0.462. The zero-order valence-electron chi connectivity index (χ0n) is 28.5. The maximum Gasteiger partial charge on any atom is 0.414 e. The van der Waals surface area contributed by atoms with Crippen LogP contribution in [-0.4, -0.2) is 101 Å². The van der Waals surface area contributed by atoms with Crippen LogP contribution in [0.15, 0.2) is 48.7 Å². The van der Waals surface area contributed by atoms with Crippen molar-refractivity contribution in [2.24, 2.45) is 7.05 Å². The van der Waals surface area contributed by atoms with E-state index in [1.54, 1.807) is 56.2 Å². The molecule has 2 aromatic heterocycles. The number of aliphatic hydroxyl groups excluding tert-OH is 1. The summed E-state index contributed by atoms with van der Waals surface area (Å²) in [6, 6.07) is 10.9. The molecule has 4 heterocycles. The standard InChI is InChI=1S/C35H38N6O9S/c1-38(2)34(46)28-14-19-13-21(9-10-27(19)51-28)36-31(43)20-15-29(39(3)18-20)37-30(42)8-6-12-50-26-17-24-22(16-25(26)49-4)32(44)40-11-5-7-23(40)33(45)41(24)35(47)48/h9-10,13-18,23,33,45H,5-8,11-12H2,1-4H3,(H,36,43)(H,37,42)(H,47,48). The van der Waals surface area contributed by atoms with Gasteiger partial charge in [0.2, 0.25) is 5.91 Å². The largest absolute Gasteiger partial charge is 0.493 e. The van der Waals surface area contributed by atoms with Crippen molar-refractivity contribution in [2.75, 3.05) is 49.9 Å². The normalized spacial score (nSPS) is 16.7. The highest BCUT2D eigenvalue weighted by Crippen LogP contribution is 2.41. The Hall–Kier alpha value is -5.61. The molecule has 0 aliphatic carbocycles. The second-order valence-corrected chi connectivity index (χ2v) is 13.6. The molecule has 0 spiro atoms. The lowest BCUT2D eigenvalue weighted by Gasteiger charge is -2.30. The fourth-order valence-electron chi connectivity index (χ4n) is 6.32. The third kappa shape index (κ3) is 7.05. The van der Waals surface area contributed by atoms with Gasteiger partial charge in [-0.3, -0.25) is 19.2 Å². The number of nitrogens with zero attached hydrogens (tertiary/aromatic N) is 4. The Bertz CT molecular complexity index is 2040. The summed E-state index contributed by atoms with van der Waals surface area (Å²) in [5.41, 5.74) is 0.966. The summed E-state index contributed by atoms with van der Waals surface area (Å²) in [6.07, 6.45) is 0.203. The van der Waals surface area contributed by atoms with Gasteiger partial charge in [-0.1, -0.05) is 0 Å². The van der Waals surface area contributed by atoms with Gasteiger partial charge in [-0.05, 0) is 61.0 Å². The molecule has 0 radical (unpaired) electrons. The highest BCUT2D eigenvalue weighted by Gasteiger charge is 2.44. The first kappa shape index (κ1) is 35.2. The third-order valence-electron chi connectivity index (χ3n) is 8.88. The van der Waals surface area contributed by atoms with Gasteiger partial charge in [0.05, 0.1) is 41.4 Å². The molecule has 5 amide bonds. The lowest BCUT2D eigenvalue weighted by molar-refractivity contribution is -0.116. The number of anilines is 3. The Morgan fingerprint density at radius 2 is 1.84 bits per heavy atom. The second kappa shape index (κ2) is 14.3. The molecule has 4 N–H and O–H groups in total. The molecule has 268 valence electrons. The zero-order chi connectivity index (χ0) is 36.6. The first-order valence-electron chi connectivity index (χ1n) is 16.2. The molecule has 51 heavy (non-hydrogen) atoms. The summed E-state index contributed by atoms with van der Waals surface area (Å²) in [4.78, 5) is 68.2.